The molecule has 104 valence electrons. The molecular weight excluding hydrogens is 312 g/mol. The van der Waals surface area contributed by atoms with Crippen LogP contribution in [-0.2, 0) is 4.79 Å². The standard InChI is InChI=1S/C13H17BrN2O3/c1-3-8(2)16(7-12(17)18)13(19)9-4-10(14)6-11(15)5-9/h4-6,8H,3,7,15H2,1-2H3,(H,17,18). The fourth-order valence-corrected chi connectivity index (χ4v) is 2.21. The predicted octanol–water partition coefficient (Wildman–Crippen LogP) is 2.36. The van der Waals surface area contributed by atoms with Gasteiger partial charge in [0.1, 0.15) is 6.54 Å². The summed E-state index contributed by atoms with van der Waals surface area (Å²) in [4.78, 5) is 24.6. The topological polar surface area (TPSA) is 83.6 Å². The van der Waals surface area contributed by atoms with Crippen LogP contribution >= 0.6 is 15.9 Å². The molecule has 0 saturated carbocycles. The molecule has 0 spiro atoms. The average molecular weight is 329 g/mol. The number of nitrogens with two attached hydrogens (primary N) is 1. The molecule has 1 rings (SSSR count). The van der Waals surface area contributed by atoms with E-state index in [1.54, 1.807) is 18.2 Å². The van der Waals surface area contributed by atoms with E-state index in [-0.39, 0.29) is 18.5 Å². The summed E-state index contributed by atoms with van der Waals surface area (Å²) in [7, 11) is 0. The van der Waals surface area contributed by atoms with Gasteiger partial charge in [0.05, 0.1) is 0 Å². The van der Waals surface area contributed by atoms with Crippen molar-refractivity contribution < 1.29 is 14.7 Å². The van der Waals surface area contributed by atoms with Gasteiger partial charge in [-0.25, -0.2) is 0 Å². The molecule has 0 saturated heterocycles. The third kappa shape index (κ3) is 4.24. The summed E-state index contributed by atoms with van der Waals surface area (Å²) in [5.74, 6) is -1.36. The van der Waals surface area contributed by atoms with E-state index in [2.05, 4.69) is 15.9 Å². The Kier molecular flexibility index (Phi) is 5.35. The monoisotopic (exact) mass is 328 g/mol. The molecule has 0 aliphatic carbocycles. The van der Waals surface area contributed by atoms with Gasteiger partial charge in [0.25, 0.3) is 5.91 Å². The number of nitrogen functional groups attached to an aromatic ring is 1. The van der Waals surface area contributed by atoms with Crippen LogP contribution in [0.4, 0.5) is 5.69 Å². The molecule has 19 heavy (non-hydrogen) atoms. The molecule has 0 fully saturated rings. The number of carboxylic acid groups (broad SMARTS) is 1. The van der Waals surface area contributed by atoms with Crippen molar-refractivity contribution in [2.24, 2.45) is 0 Å². The van der Waals surface area contributed by atoms with Crippen LogP contribution in [0.1, 0.15) is 30.6 Å². The Hall–Kier alpha value is -1.56. The maximum atomic E-state index is 12.4. The molecule has 6 heteroatoms. The molecule has 1 amide bonds. The number of hydrogen-bond donors (Lipinski definition) is 2. The lowest BCUT2D eigenvalue weighted by Crippen LogP contribution is -2.41. The third-order valence-corrected chi connectivity index (χ3v) is 3.31. The Morgan fingerprint density at radius 3 is 2.53 bits per heavy atom. The summed E-state index contributed by atoms with van der Waals surface area (Å²) in [5.41, 5.74) is 6.53. The van der Waals surface area contributed by atoms with Crippen LogP contribution in [0.3, 0.4) is 0 Å². The van der Waals surface area contributed by atoms with Crippen LogP contribution in [0.15, 0.2) is 22.7 Å². The van der Waals surface area contributed by atoms with Crippen LogP contribution in [0.2, 0.25) is 0 Å². The zero-order chi connectivity index (χ0) is 14.6. The predicted molar refractivity (Wildman–Crippen MR) is 77.0 cm³/mol. The van der Waals surface area contributed by atoms with Gasteiger partial charge in [-0.2, -0.15) is 0 Å². The van der Waals surface area contributed by atoms with Gasteiger partial charge in [-0.1, -0.05) is 22.9 Å². The number of carbonyl (C=O) groups is 2. The van der Waals surface area contributed by atoms with Crippen molar-refractivity contribution in [3.05, 3.63) is 28.2 Å². The van der Waals surface area contributed by atoms with Crippen molar-refractivity contribution in [3.8, 4) is 0 Å². The van der Waals surface area contributed by atoms with Gasteiger partial charge in [0.15, 0.2) is 0 Å². The first-order valence-corrected chi connectivity index (χ1v) is 6.73. The highest BCUT2D eigenvalue weighted by atomic mass is 79.9. The number of benzene rings is 1. The summed E-state index contributed by atoms with van der Waals surface area (Å²) in [6.07, 6.45) is 0.683. The van der Waals surface area contributed by atoms with Crippen LogP contribution in [0, 0.1) is 0 Å². The summed E-state index contributed by atoms with van der Waals surface area (Å²) in [5, 5.41) is 8.91. The maximum absolute atomic E-state index is 12.4. The molecule has 3 N–H and O–H groups in total. The van der Waals surface area contributed by atoms with E-state index in [0.717, 1.165) is 0 Å². The van der Waals surface area contributed by atoms with Crippen LogP contribution < -0.4 is 5.73 Å². The number of nitrogens with zero attached hydrogens (tertiary/aromatic N) is 1. The van der Waals surface area contributed by atoms with E-state index in [9.17, 15) is 9.59 Å². The molecule has 0 heterocycles. The van der Waals surface area contributed by atoms with E-state index < -0.39 is 5.97 Å². The molecule has 1 aromatic carbocycles. The second-order valence-corrected chi connectivity index (χ2v) is 5.27. The molecule has 1 unspecified atom stereocenters. The Balaban J connectivity index is 3.07. The van der Waals surface area contributed by atoms with Gasteiger partial charge in [-0.05, 0) is 31.5 Å². The average Bonchev–Trinajstić information content (AvgIpc) is 2.32. The number of carbonyl (C=O) groups excluding carboxylic acids is 1. The number of hydrogen-bond acceptors (Lipinski definition) is 3. The fraction of sp³-hybridized carbons (Fsp3) is 0.385. The highest BCUT2D eigenvalue weighted by molar-refractivity contribution is 9.10. The second kappa shape index (κ2) is 6.56. The third-order valence-electron chi connectivity index (χ3n) is 2.86. The van der Waals surface area contributed by atoms with E-state index in [1.165, 1.54) is 4.90 Å². The quantitative estimate of drug-likeness (QED) is 0.812. The molecule has 0 radical (unpaired) electrons. The lowest BCUT2D eigenvalue weighted by molar-refractivity contribution is -0.138. The summed E-state index contributed by atoms with van der Waals surface area (Å²) >= 11 is 3.27. The summed E-state index contributed by atoms with van der Waals surface area (Å²) in [6.45, 7) is 3.41. The minimum absolute atomic E-state index is 0.149. The van der Waals surface area contributed by atoms with Gasteiger partial charge in [-0.3, -0.25) is 9.59 Å². The van der Waals surface area contributed by atoms with Crippen LogP contribution in [0.25, 0.3) is 0 Å². The SMILES string of the molecule is CCC(C)N(CC(=O)O)C(=O)c1cc(N)cc(Br)c1. The van der Waals surface area contributed by atoms with Crippen molar-refractivity contribution in [2.75, 3.05) is 12.3 Å². The smallest absolute Gasteiger partial charge is 0.323 e. The minimum Gasteiger partial charge on any atom is -0.480 e. The van der Waals surface area contributed by atoms with Gasteiger partial charge in [0, 0.05) is 21.8 Å². The number of amides is 1. The highest BCUT2D eigenvalue weighted by Crippen LogP contribution is 2.19. The number of rotatable bonds is 5. The molecule has 0 bridgehead atoms. The van der Waals surface area contributed by atoms with Crippen molar-refractivity contribution >= 4 is 33.5 Å². The number of halogens is 1. The van der Waals surface area contributed by atoms with E-state index in [4.69, 9.17) is 10.8 Å². The van der Waals surface area contributed by atoms with Crippen LogP contribution in [0.5, 0.6) is 0 Å². The van der Waals surface area contributed by atoms with Crippen molar-refractivity contribution in [3.63, 3.8) is 0 Å². The Morgan fingerprint density at radius 1 is 1.42 bits per heavy atom. The Labute approximate surface area is 120 Å². The lowest BCUT2D eigenvalue weighted by atomic mass is 10.1. The molecule has 5 nitrogen and oxygen atoms in total. The summed E-state index contributed by atoms with van der Waals surface area (Å²) in [6, 6.07) is 4.71. The molecule has 1 atom stereocenters. The minimum atomic E-state index is -1.03. The van der Waals surface area contributed by atoms with Crippen LogP contribution in [-0.4, -0.2) is 34.5 Å². The van der Waals surface area contributed by atoms with E-state index >= 15 is 0 Å². The van der Waals surface area contributed by atoms with Gasteiger partial charge in [0.2, 0.25) is 0 Å². The first-order chi connectivity index (χ1) is 8.85. The maximum Gasteiger partial charge on any atom is 0.323 e. The number of aliphatic carboxylic acids is 1. The normalized spacial score (nSPS) is 11.9. The Bertz CT molecular complexity index is 471. The zero-order valence-electron chi connectivity index (χ0n) is 10.9. The molecule has 0 aromatic heterocycles. The number of carboxylic acids is 1. The van der Waals surface area contributed by atoms with Crippen molar-refractivity contribution in [2.45, 2.75) is 26.3 Å². The lowest BCUT2D eigenvalue weighted by Gasteiger charge is -2.27. The second-order valence-electron chi connectivity index (χ2n) is 4.36. The van der Waals surface area contributed by atoms with Gasteiger partial charge < -0.3 is 15.7 Å². The highest BCUT2D eigenvalue weighted by Gasteiger charge is 2.23. The van der Waals surface area contributed by atoms with E-state index in [0.29, 0.717) is 22.1 Å². The number of anilines is 1. The largest absolute Gasteiger partial charge is 0.480 e. The molecule has 0 aliphatic heterocycles. The van der Waals surface area contributed by atoms with E-state index in [1.807, 2.05) is 13.8 Å². The molecule has 1 aromatic rings. The zero-order valence-corrected chi connectivity index (χ0v) is 12.5. The molecular formula is C13H17BrN2O3. The van der Waals surface area contributed by atoms with Crippen molar-refractivity contribution in [1.82, 2.24) is 4.90 Å². The fourth-order valence-electron chi connectivity index (χ4n) is 1.70. The first-order valence-electron chi connectivity index (χ1n) is 5.94. The summed E-state index contributed by atoms with van der Waals surface area (Å²) < 4.78 is 0.690. The van der Waals surface area contributed by atoms with Gasteiger partial charge >= 0.3 is 5.97 Å². The van der Waals surface area contributed by atoms with Crippen molar-refractivity contribution in [1.29, 1.82) is 0 Å². The Morgan fingerprint density at radius 2 is 2.05 bits per heavy atom. The first kappa shape index (κ1) is 15.5. The van der Waals surface area contributed by atoms with Gasteiger partial charge in [-0.15, -0.1) is 0 Å². The molecule has 0 aliphatic rings.